The SMILES string of the molecule is CC(=O)Oc1cc(C(=O)OCCC(CON(O)O)ON(O)O)cc(O)c1O. The van der Waals surface area contributed by atoms with Gasteiger partial charge in [-0.2, -0.15) is 0 Å². The van der Waals surface area contributed by atoms with Crippen LogP contribution in [0.5, 0.6) is 17.2 Å². The molecule has 0 aliphatic carbocycles. The first kappa shape index (κ1) is 22.5. The number of benzene rings is 1. The normalized spacial score (nSPS) is 12.3. The molecule has 14 nitrogen and oxygen atoms in total. The number of rotatable bonds is 10. The molecule has 0 fully saturated rings. The molecule has 0 saturated carbocycles. The van der Waals surface area contributed by atoms with Crippen LogP contribution in [-0.4, -0.2) is 73.1 Å². The molecule has 0 heterocycles. The van der Waals surface area contributed by atoms with Crippen molar-refractivity contribution in [2.75, 3.05) is 13.2 Å². The van der Waals surface area contributed by atoms with Crippen LogP contribution in [0.15, 0.2) is 12.1 Å². The maximum absolute atomic E-state index is 12.0. The number of nitrogens with zero attached hydrogens (tertiary/aromatic N) is 2. The molecule has 0 aromatic heterocycles. The lowest BCUT2D eigenvalue weighted by molar-refractivity contribution is -0.527. The topological polar surface area (TPSA) is 199 Å². The molecule has 1 aromatic rings. The number of phenolic OH excluding ortho intramolecular Hbond substituents is 2. The first-order valence-electron chi connectivity index (χ1n) is 7.17. The van der Waals surface area contributed by atoms with E-state index >= 15 is 0 Å². The maximum atomic E-state index is 12.0. The molecule has 152 valence electrons. The number of phenols is 2. The van der Waals surface area contributed by atoms with Crippen LogP contribution in [0.4, 0.5) is 0 Å². The Balaban J connectivity index is 2.69. The van der Waals surface area contributed by atoms with Gasteiger partial charge >= 0.3 is 11.9 Å². The molecule has 0 amide bonds. The molecule has 0 saturated heterocycles. The van der Waals surface area contributed by atoms with Gasteiger partial charge < -0.3 is 19.7 Å². The Kier molecular flexibility index (Phi) is 8.79. The van der Waals surface area contributed by atoms with Gasteiger partial charge in [-0.05, 0) is 12.1 Å². The van der Waals surface area contributed by atoms with Crippen molar-refractivity contribution in [1.29, 1.82) is 0 Å². The Labute approximate surface area is 151 Å². The minimum absolute atomic E-state index is 0.182. The molecule has 0 radical (unpaired) electrons. The van der Waals surface area contributed by atoms with Crippen LogP contribution in [0.1, 0.15) is 23.7 Å². The standard InChI is InChI=1S/C13H18N2O12/c1-7(16)26-11-5-8(4-10(17)12(11)18)13(19)24-3-2-9(27-15(22)23)6-25-14(20)21/h4-5,9,17-18,20-23H,2-3,6H2,1H3. The number of esters is 2. The second kappa shape index (κ2) is 10.6. The van der Waals surface area contributed by atoms with Crippen molar-refractivity contribution in [3.8, 4) is 17.2 Å². The molecule has 1 aromatic carbocycles. The van der Waals surface area contributed by atoms with Gasteiger partial charge in [-0.1, -0.05) is 0 Å². The first-order valence-corrected chi connectivity index (χ1v) is 7.17. The van der Waals surface area contributed by atoms with E-state index in [4.69, 9.17) is 25.6 Å². The van der Waals surface area contributed by atoms with Crippen LogP contribution in [0.2, 0.25) is 0 Å². The Morgan fingerprint density at radius 3 is 2.33 bits per heavy atom. The van der Waals surface area contributed by atoms with Gasteiger partial charge in [-0.15, -0.1) is 0 Å². The Morgan fingerprint density at radius 2 is 1.78 bits per heavy atom. The van der Waals surface area contributed by atoms with Crippen molar-refractivity contribution >= 4 is 11.9 Å². The molecule has 0 aliphatic rings. The predicted octanol–water partition coefficient (Wildman–Crippen LogP) is -0.0374. The summed E-state index contributed by atoms with van der Waals surface area (Å²) in [6, 6.07) is 1.84. The minimum atomic E-state index is -1.17. The largest absolute Gasteiger partial charge is 0.504 e. The van der Waals surface area contributed by atoms with E-state index in [-0.39, 0.29) is 18.6 Å². The van der Waals surface area contributed by atoms with Crippen LogP contribution < -0.4 is 4.74 Å². The third kappa shape index (κ3) is 8.11. The lowest BCUT2D eigenvalue weighted by Gasteiger charge is -2.19. The van der Waals surface area contributed by atoms with Crippen molar-refractivity contribution in [2.24, 2.45) is 0 Å². The third-order valence-corrected chi connectivity index (χ3v) is 2.84. The zero-order valence-electron chi connectivity index (χ0n) is 13.9. The van der Waals surface area contributed by atoms with Crippen LogP contribution in [-0.2, 0) is 19.2 Å². The average Bonchev–Trinajstić information content (AvgIpc) is 2.55. The molecule has 0 aliphatic heterocycles. The van der Waals surface area contributed by atoms with Crippen molar-refractivity contribution in [3.63, 3.8) is 0 Å². The minimum Gasteiger partial charge on any atom is -0.504 e. The smallest absolute Gasteiger partial charge is 0.338 e. The average molecular weight is 394 g/mol. The van der Waals surface area contributed by atoms with Gasteiger partial charge in [-0.25, -0.2) is 14.5 Å². The molecular formula is C13H18N2O12. The highest BCUT2D eigenvalue weighted by Gasteiger charge is 2.19. The fraction of sp³-hybridized carbons (Fsp3) is 0.385. The highest BCUT2D eigenvalue weighted by atomic mass is 17.1. The lowest BCUT2D eigenvalue weighted by Crippen LogP contribution is -2.32. The molecular weight excluding hydrogens is 376 g/mol. The second-order valence-electron chi connectivity index (χ2n) is 4.89. The van der Waals surface area contributed by atoms with Gasteiger partial charge in [0.25, 0.3) is 0 Å². The molecule has 14 heteroatoms. The summed E-state index contributed by atoms with van der Waals surface area (Å²) in [5.41, 5.74) is -0.252. The van der Waals surface area contributed by atoms with Crippen LogP contribution in [0, 0.1) is 0 Å². The number of carbonyl (C=O) groups excluding carboxylic acids is 2. The molecule has 1 unspecified atom stereocenters. The van der Waals surface area contributed by atoms with Crippen molar-refractivity contribution < 1.29 is 59.8 Å². The number of aromatic hydroxyl groups is 2. The molecule has 6 N–H and O–H groups in total. The Hall–Kier alpha value is -2.56. The third-order valence-electron chi connectivity index (χ3n) is 2.84. The van der Waals surface area contributed by atoms with E-state index in [9.17, 15) is 19.8 Å². The van der Waals surface area contributed by atoms with E-state index in [0.29, 0.717) is 0 Å². The highest BCUT2D eigenvalue weighted by Crippen LogP contribution is 2.36. The fourth-order valence-electron chi connectivity index (χ4n) is 1.76. The summed E-state index contributed by atoms with van der Waals surface area (Å²) in [6.45, 7) is 0.135. The quantitative estimate of drug-likeness (QED) is 0.134. The monoisotopic (exact) mass is 394 g/mol. The summed E-state index contributed by atoms with van der Waals surface area (Å²) in [6.07, 6.45) is -1.35. The molecule has 1 atom stereocenters. The van der Waals surface area contributed by atoms with Crippen molar-refractivity contribution in [1.82, 2.24) is 10.8 Å². The molecule has 0 spiro atoms. The Morgan fingerprint density at radius 1 is 1.11 bits per heavy atom. The summed E-state index contributed by atoms with van der Waals surface area (Å²) in [5, 5.41) is 52.0. The lowest BCUT2D eigenvalue weighted by atomic mass is 10.2. The van der Waals surface area contributed by atoms with Gasteiger partial charge in [0.2, 0.25) is 5.75 Å². The van der Waals surface area contributed by atoms with Gasteiger partial charge in [-0.3, -0.25) is 25.6 Å². The zero-order chi connectivity index (χ0) is 20.6. The van der Waals surface area contributed by atoms with Gasteiger partial charge in [0.15, 0.2) is 11.5 Å². The predicted molar refractivity (Wildman–Crippen MR) is 77.6 cm³/mol. The molecule has 0 bridgehead atoms. The van der Waals surface area contributed by atoms with Crippen LogP contribution in [0.3, 0.4) is 0 Å². The second-order valence-corrected chi connectivity index (χ2v) is 4.89. The number of ether oxygens (including phenoxy) is 2. The summed E-state index contributed by atoms with van der Waals surface area (Å²) >= 11 is 0. The summed E-state index contributed by atoms with van der Waals surface area (Å²) < 4.78 is 9.52. The summed E-state index contributed by atoms with van der Waals surface area (Å²) in [7, 11) is 0. The highest BCUT2D eigenvalue weighted by molar-refractivity contribution is 5.91. The zero-order valence-corrected chi connectivity index (χ0v) is 13.9. The van der Waals surface area contributed by atoms with E-state index in [1.165, 1.54) is 0 Å². The fourth-order valence-corrected chi connectivity index (χ4v) is 1.76. The van der Waals surface area contributed by atoms with Crippen molar-refractivity contribution in [2.45, 2.75) is 19.4 Å². The first-order chi connectivity index (χ1) is 12.6. The molecule has 1 rings (SSSR count). The van der Waals surface area contributed by atoms with E-state index < -0.39 is 52.7 Å². The number of hydrogen-bond acceptors (Lipinski definition) is 14. The van der Waals surface area contributed by atoms with E-state index in [2.05, 4.69) is 14.4 Å². The van der Waals surface area contributed by atoms with E-state index in [1.54, 1.807) is 0 Å². The van der Waals surface area contributed by atoms with Crippen LogP contribution in [0.25, 0.3) is 0 Å². The summed E-state index contributed by atoms with van der Waals surface area (Å²) in [4.78, 5) is 31.6. The van der Waals surface area contributed by atoms with E-state index in [1.807, 2.05) is 0 Å². The van der Waals surface area contributed by atoms with Gasteiger partial charge in [0.1, 0.15) is 12.7 Å². The molecule has 27 heavy (non-hydrogen) atoms. The Bertz CT molecular complexity index is 650. The maximum Gasteiger partial charge on any atom is 0.338 e. The number of hydrogen-bond donors (Lipinski definition) is 6. The van der Waals surface area contributed by atoms with Crippen molar-refractivity contribution in [3.05, 3.63) is 17.7 Å². The van der Waals surface area contributed by atoms with E-state index in [0.717, 1.165) is 19.1 Å². The van der Waals surface area contributed by atoms with Crippen LogP contribution >= 0.6 is 0 Å². The summed E-state index contributed by atoms with van der Waals surface area (Å²) in [5.74, 6) is -3.69. The number of carbonyl (C=O) groups is 2. The van der Waals surface area contributed by atoms with Gasteiger partial charge in [0.05, 0.1) is 23.0 Å². The van der Waals surface area contributed by atoms with Gasteiger partial charge in [0, 0.05) is 13.3 Å².